The second-order valence-electron chi connectivity index (χ2n) is 7.99. The molecule has 5 heterocycles. The third-order valence-corrected chi connectivity index (χ3v) is 8.32. The molecular weight excluding hydrogens is 462 g/mol. The Balaban J connectivity index is 0.00000112. The molecule has 8 heteroatoms. The summed E-state index contributed by atoms with van der Waals surface area (Å²) in [5, 5.41) is 15.1. The zero-order chi connectivity index (χ0) is 18.1. The van der Waals surface area contributed by atoms with Crippen molar-refractivity contribution in [3.63, 3.8) is 0 Å². The van der Waals surface area contributed by atoms with Crippen molar-refractivity contribution >= 4 is 45.6 Å². The fourth-order valence-electron chi connectivity index (χ4n) is 4.83. The zero-order valence-electron chi connectivity index (χ0n) is 15.1. The van der Waals surface area contributed by atoms with Crippen LogP contribution >= 0.6 is 39.7 Å². The van der Waals surface area contributed by atoms with Gasteiger partial charge in [-0.15, -0.1) is 39.7 Å². The average molecular weight is 489 g/mol. The minimum absolute atomic E-state index is 0. The van der Waals surface area contributed by atoms with Crippen LogP contribution in [0, 0.1) is 0 Å². The summed E-state index contributed by atoms with van der Waals surface area (Å²) >= 11 is 2.74. The summed E-state index contributed by atoms with van der Waals surface area (Å²) in [5.74, 6) is -0.561. The van der Waals surface area contributed by atoms with Crippen LogP contribution in [0.4, 0.5) is 0 Å². The number of nitrogens with zero attached hydrogens (tertiary/aromatic N) is 1. The standard InChI is InChI=1S/C19H22NO4S2.CH4.BrH/c1-20(2)12-9-11(10-13(20)17-16(12)24-17)23-18(21)19(22,14-5-3-7-25-14)15-6-4-8-26-15;;/h3-8,11-13,16-17,22H,9-10H2,1-2H3;1H4;1H/q+1;;. The molecule has 2 bridgehead atoms. The molecule has 0 radical (unpaired) electrons. The molecule has 1 N–H and O–H groups in total. The molecular formula is C20H27BrNO4S2+. The number of fused-ring (bicyclic) bond motifs is 5. The number of aliphatic hydroxyl groups is 1. The van der Waals surface area contributed by atoms with Gasteiger partial charge in [0.25, 0.3) is 0 Å². The van der Waals surface area contributed by atoms with E-state index in [9.17, 15) is 9.90 Å². The summed E-state index contributed by atoms with van der Waals surface area (Å²) < 4.78 is 12.6. The first kappa shape index (κ1) is 21.9. The van der Waals surface area contributed by atoms with E-state index in [4.69, 9.17) is 9.47 Å². The van der Waals surface area contributed by atoms with Gasteiger partial charge in [0.15, 0.2) is 0 Å². The second kappa shape index (κ2) is 7.49. The Morgan fingerprint density at radius 1 is 1.14 bits per heavy atom. The maximum absolute atomic E-state index is 13.1. The number of esters is 1. The minimum Gasteiger partial charge on any atom is -0.459 e. The molecule has 28 heavy (non-hydrogen) atoms. The number of thiophene rings is 2. The maximum Gasteiger partial charge on any atom is 0.349 e. The molecule has 0 saturated carbocycles. The summed E-state index contributed by atoms with van der Waals surface area (Å²) in [7, 11) is 4.49. The van der Waals surface area contributed by atoms with Gasteiger partial charge in [0.05, 0.1) is 23.8 Å². The fraction of sp³-hybridized carbons (Fsp3) is 0.550. The molecule has 0 spiro atoms. The van der Waals surface area contributed by atoms with Crippen LogP contribution in [0.2, 0.25) is 0 Å². The molecule has 3 aliphatic heterocycles. The SMILES string of the molecule is Br.C.C[N+]1(C)C2CC(OC(=O)C(O)(c3cccs3)c3cccs3)CC1C1OC12. The van der Waals surface area contributed by atoms with Crippen LogP contribution in [-0.2, 0) is 19.9 Å². The smallest absolute Gasteiger partial charge is 0.349 e. The first-order valence-corrected chi connectivity index (χ1v) is 10.7. The summed E-state index contributed by atoms with van der Waals surface area (Å²) in [6.45, 7) is 0. The van der Waals surface area contributed by atoms with Gasteiger partial charge in [-0.3, -0.25) is 0 Å². The van der Waals surface area contributed by atoms with Crippen LogP contribution in [0.5, 0.6) is 0 Å². The molecule has 154 valence electrons. The van der Waals surface area contributed by atoms with Gasteiger partial charge in [-0.1, -0.05) is 19.6 Å². The number of carbonyl (C=O) groups excluding carboxylic acids is 1. The third kappa shape index (κ3) is 3.09. The van der Waals surface area contributed by atoms with E-state index in [1.54, 1.807) is 12.1 Å². The van der Waals surface area contributed by atoms with E-state index < -0.39 is 11.6 Å². The van der Waals surface area contributed by atoms with Crippen molar-refractivity contribution in [1.29, 1.82) is 0 Å². The minimum atomic E-state index is -1.72. The Kier molecular flexibility index (Phi) is 5.86. The zero-order valence-corrected chi connectivity index (χ0v) is 18.5. The van der Waals surface area contributed by atoms with Crippen LogP contribution in [-0.4, -0.2) is 60.0 Å². The molecule has 4 unspecified atom stereocenters. The van der Waals surface area contributed by atoms with Gasteiger partial charge >= 0.3 is 5.97 Å². The lowest BCUT2D eigenvalue weighted by Gasteiger charge is -2.45. The monoisotopic (exact) mass is 488 g/mol. The highest BCUT2D eigenvalue weighted by Gasteiger charge is 2.71. The van der Waals surface area contributed by atoms with Gasteiger partial charge < -0.3 is 19.1 Å². The van der Waals surface area contributed by atoms with Gasteiger partial charge in [0.2, 0.25) is 5.60 Å². The topological polar surface area (TPSA) is 59.1 Å². The number of epoxide rings is 1. The Bertz CT molecular complexity index is 769. The van der Waals surface area contributed by atoms with E-state index in [0.717, 1.165) is 17.3 Å². The highest BCUT2D eigenvalue weighted by Crippen LogP contribution is 2.52. The number of quaternary nitrogens is 1. The molecule has 3 fully saturated rings. The summed E-state index contributed by atoms with van der Waals surface area (Å²) in [6.07, 6.45) is 2.05. The molecule has 0 aliphatic carbocycles. The van der Waals surface area contributed by atoms with E-state index in [-0.39, 0.29) is 30.5 Å². The van der Waals surface area contributed by atoms with E-state index in [1.165, 1.54) is 22.7 Å². The number of likely N-dealkylation sites (N-methyl/N-ethyl adjacent to an activating group) is 1. The van der Waals surface area contributed by atoms with E-state index in [2.05, 4.69) is 14.1 Å². The first-order valence-electron chi connectivity index (χ1n) is 8.92. The fourth-order valence-corrected chi connectivity index (χ4v) is 6.54. The Morgan fingerprint density at radius 2 is 1.64 bits per heavy atom. The van der Waals surface area contributed by atoms with Crippen molar-refractivity contribution in [2.24, 2.45) is 0 Å². The molecule has 0 amide bonds. The lowest BCUT2D eigenvalue weighted by molar-refractivity contribution is -0.938. The predicted octanol–water partition coefficient (Wildman–Crippen LogP) is 3.56. The van der Waals surface area contributed by atoms with E-state index in [1.807, 2.05) is 22.9 Å². The molecule has 0 aromatic carbocycles. The number of carbonyl (C=O) groups is 1. The highest BCUT2D eigenvalue weighted by atomic mass is 79.9. The van der Waals surface area contributed by atoms with Crippen LogP contribution in [0.25, 0.3) is 0 Å². The van der Waals surface area contributed by atoms with Gasteiger partial charge in [-0.05, 0) is 22.9 Å². The Morgan fingerprint density at radius 3 is 2.07 bits per heavy atom. The molecule has 4 atom stereocenters. The lowest BCUT2D eigenvalue weighted by Crippen LogP contribution is -2.60. The average Bonchev–Trinajstić information content (AvgIpc) is 2.98. The largest absolute Gasteiger partial charge is 0.459 e. The van der Waals surface area contributed by atoms with Crippen LogP contribution < -0.4 is 0 Å². The summed E-state index contributed by atoms with van der Waals surface area (Å²) in [4.78, 5) is 14.3. The van der Waals surface area contributed by atoms with Crippen molar-refractivity contribution < 1.29 is 23.9 Å². The Hall–Kier alpha value is -0.770. The van der Waals surface area contributed by atoms with Crippen LogP contribution in [0.15, 0.2) is 35.0 Å². The van der Waals surface area contributed by atoms with Gasteiger partial charge in [-0.2, -0.15) is 0 Å². The summed E-state index contributed by atoms with van der Waals surface area (Å²) in [5.41, 5.74) is -1.72. The number of hydrogen-bond acceptors (Lipinski definition) is 6. The normalized spacial score (nSPS) is 31.9. The predicted molar refractivity (Wildman–Crippen MR) is 116 cm³/mol. The number of halogens is 1. The van der Waals surface area contributed by atoms with E-state index >= 15 is 0 Å². The van der Waals surface area contributed by atoms with Crippen molar-refractivity contribution in [3.05, 3.63) is 44.8 Å². The quantitative estimate of drug-likeness (QED) is 0.406. The number of ether oxygens (including phenoxy) is 2. The molecule has 5 rings (SSSR count). The van der Waals surface area contributed by atoms with Gasteiger partial charge in [-0.25, -0.2) is 4.79 Å². The molecule has 2 aromatic rings. The van der Waals surface area contributed by atoms with Crippen molar-refractivity contribution in [3.8, 4) is 0 Å². The number of morpholine rings is 1. The molecule has 3 aliphatic rings. The molecule has 5 nitrogen and oxygen atoms in total. The van der Waals surface area contributed by atoms with Crippen LogP contribution in [0.1, 0.15) is 30.0 Å². The number of hydrogen-bond donors (Lipinski definition) is 1. The van der Waals surface area contributed by atoms with Gasteiger partial charge in [0, 0.05) is 12.8 Å². The number of piperidine rings is 1. The van der Waals surface area contributed by atoms with Crippen molar-refractivity contribution in [2.45, 2.75) is 56.3 Å². The third-order valence-electron chi connectivity index (χ3n) is 6.36. The first-order chi connectivity index (χ1) is 12.4. The second-order valence-corrected chi connectivity index (χ2v) is 9.89. The molecule has 3 saturated heterocycles. The van der Waals surface area contributed by atoms with E-state index in [0.29, 0.717) is 34.0 Å². The maximum atomic E-state index is 13.1. The number of rotatable bonds is 4. The van der Waals surface area contributed by atoms with Crippen molar-refractivity contribution in [2.75, 3.05) is 14.1 Å². The van der Waals surface area contributed by atoms with Crippen molar-refractivity contribution in [1.82, 2.24) is 0 Å². The lowest BCUT2D eigenvalue weighted by atomic mass is 9.95. The molecule has 2 aromatic heterocycles. The Labute approximate surface area is 184 Å². The summed E-state index contributed by atoms with van der Waals surface area (Å²) in [6, 6.07) is 8.01. The highest BCUT2D eigenvalue weighted by molar-refractivity contribution is 8.93. The van der Waals surface area contributed by atoms with Gasteiger partial charge in [0.1, 0.15) is 30.4 Å². The van der Waals surface area contributed by atoms with Crippen LogP contribution in [0.3, 0.4) is 0 Å².